The molecule has 0 aliphatic heterocycles. The van der Waals surface area contributed by atoms with Gasteiger partial charge in [-0.25, -0.2) is 0 Å². The number of ether oxygens (including phenoxy) is 1. The molecule has 0 aliphatic carbocycles. The van der Waals surface area contributed by atoms with Gasteiger partial charge in [-0.15, -0.1) is 0 Å². The lowest BCUT2D eigenvalue weighted by Crippen LogP contribution is -2.16. The Morgan fingerprint density at radius 2 is 2.12 bits per heavy atom. The first-order chi connectivity index (χ1) is 7.99. The minimum Gasteiger partial charge on any atom is -0.489 e. The molecule has 4 nitrogen and oxygen atoms in total. The fraction of sp³-hybridized carbons (Fsp3) is 0.538. The Labute approximate surface area is 103 Å². The molecule has 94 valence electrons. The van der Waals surface area contributed by atoms with Crippen molar-refractivity contribution in [1.82, 2.24) is 4.98 Å². The Morgan fingerprint density at radius 3 is 2.71 bits per heavy atom. The highest BCUT2D eigenvalue weighted by Gasteiger charge is 2.06. The van der Waals surface area contributed by atoms with E-state index < -0.39 is 0 Å². The molecule has 0 amide bonds. The van der Waals surface area contributed by atoms with E-state index in [1.807, 2.05) is 26.8 Å². The molecule has 1 aromatic rings. The van der Waals surface area contributed by atoms with Crippen molar-refractivity contribution < 1.29 is 4.74 Å². The number of nitrogens with two attached hydrogens (primary N) is 1. The fourth-order valence-corrected chi connectivity index (χ4v) is 1.44. The van der Waals surface area contributed by atoms with Crippen LogP contribution in [0.4, 0.5) is 0 Å². The zero-order valence-electron chi connectivity index (χ0n) is 10.7. The molecule has 1 aromatic heterocycles. The van der Waals surface area contributed by atoms with Crippen molar-refractivity contribution in [2.24, 2.45) is 5.73 Å². The first kappa shape index (κ1) is 13.6. The van der Waals surface area contributed by atoms with Crippen LogP contribution < -0.4 is 10.5 Å². The third-order valence-electron chi connectivity index (χ3n) is 2.28. The Kier molecular flexibility index (Phi) is 5.10. The van der Waals surface area contributed by atoms with Gasteiger partial charge in [-0.1, -0.05) is 0 Å². The van der Waals surface area contributed by atoms with Gasteiger partial charge in [-0.3, -0.25) is 4.98 Å². The number of nitrogens with zero attached hydrogens (tertiary/aromatic N) is 1. The van der Waals surface area contributed by atoms with Gasteiger partial charge in [0.15, 0.2) is 0 Å². The Bertz CT molecular complexity index is 375. The molecule has 0 bridgehead atoms. The summed E-state index contributed by atoms with van der Waals surface area (Å²) in [6.45, 7) is 5.88. The zero-order valence-corrected chi connectivity index (χ0v) is 10.7. The quantitative estimate of drug-likeness (QED) is 0.743. The summed E-state index contributed by atoms with van der Waals surface area (Å²) in [5.41, 5.74) is 7.05. The van der Waals surface area contributed by atoms with E-state index in [-0.39, 0.29) is 12.1 Å². The van der Waals surface area contributed by atoms with Crippen LogP contribution >= 0.6 is 0 Å². The third-order valence-corrected chi connectivity index (χ3v) is 2.28. The van der Waals surface area contributed by atoms with Crippen molar-refractivity contribution in [3.63, 3.8) is 0 Å². The summed E-state index contributed by atoms with van der Waals surface area (Å²) in [6, 6.07) is 1.98. The number of aromatic nitrogens is 1. The van der Waals surface area contributed by atoms with Crippen LogP contribution in [-0.2, 0) is 0 Å². The minimum absolute atomic E-state index is 0.116. The molecule has 4 heteroatoms. The predicted molar refractivity (Wildman–Crippen MR) is 69.7 cm³/mol. The average molecular weight is 235 g/mol. The van der Waals surface area contributed by atoms with Crippen molar-refractivity contribution in [2.45, 2.75) is 45.8 Å². The van der Waals surface area contributed by atoms with E-state index in [4.69, 9.17) is 15.9 Å². The van der Waals surface area contributed by atoms with E-state index in [1.54, 1.807) is 12.4 Å². The van der Waals surface area contributed by atoms with E-state index in [2.05, 4.69) is 4.98 Å². The molecule has 1 unspecified atom stereocenters. The highest BCUT2D eigenvalue weighted by Crippen LogP contribution is 2.15. The van der Waals surface area contributed by atoms with E-state index in [0.29, 0.717) is 17.9 Å². The number of nitrogens with one attached hydrogen (secondary N) is 1. The molecule has 0 aliphatic rings. The van der Waals surface area contributed by atoms with E-state index in [9.17, 15) is 0 Å². The third kappa shape index (κ3) is 4.95. The monoisotopic (exact) mass is 235 g/mol. The summed E-state index contributed by atoms with van der Waals surface area (Å²) in [5, 5.41) is 7.95. The predicted octanol–water partition coefficient (Wildman–Crippen LogP) is 2.36. The zero-order chi connectivity index (χ0) is 12.8. The van der Waals surface area contributed by atoms with E-state index >= 15 is 0 Å². The van der Waals surface area contributed by atoms with Crippen molar-refractivity contribution in [3.8, 4) is 5.75 Å². The number of hydrogen-bond acceptors (Lipinski definition) is 4. The van der Waals surface area contributed by atoms with Gasteiger partial charge in [0.1, 0.15) is 5.75 Å². The molecule has 1 atom stereocenters. The molecular formula is C13H21N3O. The van der Waals surface area contributed by atoms with Crippen LogP contribution in [-0.4, -0.2) is 22.8 Å². The molecule has 0 saturated heterocycles. The van der Waals surface area contributed by atoms with E-state index in [1.165, 1.54) is 0 Å². The Morgan fingerprint density at radius 1 is 1.41 bits per heavy atom. The smallest absolute Gasteiger partial charge is 0.138 e. The van der Waals surface area contributed by atoms with Crippen molar-refractivity contribution >= 4 is 5.71 Å². The Balaban J connectivity index is 2.67. The first-order valence-corrected chi connectivity index (χ1v) is 5.94. The molecule has 0 fully saturated rings. The lowest BCUT2D eigenvalue weighted by atomic mass is 10.1. The second kappa shape index (κ2) is 6.35. The molecule has 0 aromatic carbocycles. The normalized spacial score (nSPS) is 12.5. The van der Waals surface area contributed by atoms with Gasteiger partial charge in [0, 0.05) is 23.5 Å². The summed E-state index contributed by atoms with van der Waals surface area (Å²) >= 11 is 0. The van der Waals surface area contributed by atoms with Crippen LogP contribution in [0.25, 0.3) is 0 Å². The minimum atomic E-state index is 0.116. The van der Waals surface area contributed by atoms with Gasteiger partial charge in [0.05, 0.1) is 12.3 Å². The lowest BCUT2D eigenvalue weighted by Gasteiger charge is -2.11. The molecule has 0 saturated carbocycles. The van der Waals surface area contributed by atoms with Crippen LogP contribution in [0.2, 0.25) is 0 Å². The average Bonchev–Trinajstić information content (AvgIpc) is 2.25. The van der Waals surface area contributed by atoms with Gasteiger partial charge < -0.3 is 15.9 Å². The maximum absolute atomic E-state index is 7.95. The molecular weight excluding hydrogens is 214 g/mol. The maximum atomic E-state index is 7.95. The fourth-order valence-electron chi connectivity index (χ4n) is 1.44. The largest absolute Gasteiger partial charge is 0.489 e. The molecule has 0 radical (unpaired) electrons. The molecule has 1 rings (SSSR count). The highest BCUT2D eigenvalue weighted by molar-refractivity contribution is 5.98. The SMILES string of the molecule is CC(N)CCC(=N)c1cncc(OC(C)C)c1. The van der Waals surface area contributed by atoms with Gasteiger partial charge in [-0.05, 0) is 39.7 Å². The summed E-state index contributed by atoms with van der Waals surface area (Å²) in [7, 11) is 0. The van der Waals surface area contributed by atoms with Crippen molar-refractivity contribution in [2.75, 3.05) is 0 Å². The van der Waals surface area contributed by atoms with E-state index in [0.717, 1.165) is 12.0 Å². The standard InChI is InChI=1S/C13H21N3O/c1-9(2)17-12-6-11(7-16-8-12)13(15)5-4-10(3)14/h6-10,15H,4-5,14H2,1-3H3. The van der Waals surface area contributed by atoms with Crippen molar-refractivity contribution in [1.29, 1.82) is 5.41 Å². The summed E-state index contributed by atoms with van der Waals surface area (Å²) in [5.74, 6) is 0.711. The van der Waals surface area contributed by atoms with Gasteiger partial charge >= 0.3 is 0 Å². The van der Waals surface area contributed by atoms with Crippen LogP contribution in [0.1, 0.15) is 39.2 Å². The van der Waals surface area contributed by atoms with Crippen molar-refractivity contribution in [3.05, 3.63) is 24.0 Å². The first-order valence-electron chi connectivity index (χ1n) is 5.94. The van der Waals surface area contributed by atoms with Crippen LogP contribution in [0.3, 0.4) is 0 Å². The second-order valence-electron chi connectivity index (χ2n) is 4.57. The Hall–Kier alpha value is -1.42. The number of hydrogen-bond donors (Lipinski definition) is 2. The summed E-state index contributed by atoms with van der Waals surface area (Å²) < 4.78 is 5.55. The molecule has 17 heavy (non-hydrogen) atoms. The van der Waals surface area contributed by atoms with Gasteiger partial charge in [0.2, 0.25) is 0 Å². The molecule has 3 N–H and O–H groups in total. The highest BCUT2D eigenvalue weighted by atomic mass is 16.5. The van der Waals surface area contributed by atoms with Crippen LogP contribution in [0.5, 0.6) is 5.75 Å². The van der Waals surface area contributed by atoms with Gasteiger partial charge in [0.25, 0.3) is 0 Å². The molecule has 0 spiro atoms. The second-order valence-corrected chi connectivity index (χ2v) is 4.57. The van der Waals surface area contributed by atoms with Crippen LogP contribution in [0.15, 0.2) is 18.5 Å². The maximum Gasteiger partial charge on any atom is 0.138 e. The number of pyridine rings is 1. The molecule has 1 heterocycles. The van der Waals surface area contributed by atoms with Crippen LogP contribution in [0, 0.1) is 5.41 Å². The van der Waals surface area contributed by atoms with Gasteiger partial charge in [-0.2, -0.15) is 0 Å². The lowest BCUT2D eigenvalue weighted by molar-refractivity contribution is 0.241. The summed E-state index contributed by atoms with van der Waals surface area (Å²) in [4.78, 5) is 4.09. The topological polar surface area (TPSA) is 72.0 Å². The summed E-state index contributed by atoms with van der Waals surface area (Å²) in [6.07, 6.45) is 4.96. The number of rotatable bonds is 6.